The second-order valence-corrected chi connectivity index (χ2v) is 1.34. The van der Waals surface area contributed by atoms with E-state index in [2.05, 4.69) is 11.3 Å². The highest BCUT2D eigenvalue weighted by Gasteiger charge is 1.98. The van der Waals surface area contributed by atoms with Gasteiger partial charge in [-0.25, -0.2) is 4.79 Å². The fourth-order valence-electron chi connectivity index (χ4n) is 0.182. The minimum atomic E-state index is -0.578. The van der Waals surface area contributed by atoms with E-state index in [1.807, 2.05) is 0 Å². The van der Waals surface area contributed by atoms with Crippen LogP contribution in [0.15, 0.2) is 12.2 Å². The van der Waals surface area contributed by atoms with E-state index in [9.17, 15) is 4.79 Å². The van der Waals surface area contributed by atoms with Crippen LogP contribution in [0.4, 0.5) is 0 Å². The van der Waals surface area contributed by atoms with Crippen LogP contribution in [0.1, 0.15) is 6.92 Å². The summed E-state index contributed by atoms with van der Waals surface area (Å²) >= 11 is 0. The third-order valence-corrected chi connectivity index (χ3v) is 0.544. The molecule has 0 atom stereocenters. The topological polar surface area (TPSA) is 46.5 Å². The first-order valence-electron chi connectivity index (χ1n) is 2.12. The number of carbonyl (C=O) groups is 1. The summed E-state index contributed by atoms with van der Waals surface area (Å²) in [6.45, 7) is 4.22. The monoisotopic (exact) mass is 116 g/mol. The average molecular weight is 116 g/mol. The molecule has 0 aliphatic rings. The Morgan fingerprint density at radius 1 is 1.88 bits per heavy atom. The lowest BCUT2D eigenvalue weighted by atomic mass is 10.4. The largest absolute Gasteiger partial charge is 0.435 e. The second-order valence-electron chi connectivity index (χ2n) is 1.34. The molecule has 0 rings (SSSR count). The van der Waals surface area contributed by atoms with E-state index in [-0.39, 0.29) is 0 Å². The summed E-state index contributed by atoms with van der Waals surface area (Å²) in [7, 11) is 0. The van der Waals surface area contributed by atoms with Gasteiger partial charge in [0.05, 0.1) is 0 Å². The standard InChI is InChI=1S/C5H8O3/c1-4(2)5(7)8-3-6/h6H,1,3H2,2H3. The van der Waals surface area contributed by atoms with Crippen molar-refractivity contribution in [2.75, 3.05) is 6.79 Å². The van der Waals surface area contributed by atoms with Crippen molar-refractivity contribution in [3.05, 3.63) is 12.2 Å². The first-order chi connectivity index (χ1) is 3.68. The number of aliphatic hydroxyl groups is 1. The van der Waals surface area contributed by atoms with Gasteiger partial charge in [0.25, 0.3) is 0 Å². The van der Waals surface area contributed by atoms with Gasteiger partial charge in [-0.15, -0.1) is 0 Å². The molecule has 0 heterocycles. The molecular weight excluding hydrogens is 108 g/mol. The van der Waals surface area contributed by atoms with Gasteiger partial charge in [0.2, 0.25) is 0 Å². The van der Waals surface area contributed by atoms with Crippen molar-refractivity contribution >= 4 is 5.97 Å². The smallest absolute Gasteiger partial charge is 0.335 e. The molecule has 0 unspecified atom stereocenters. The van der Waals surface area contributed by atoms with Crippen molar-refractivity contribution in [1.29, 1.82) is 0 Å². The quantitative estimate of drug-likeness (QED) is 0.315. The molecule has 0 amide bonds. The van der Waals surface area contributed by atoms with E-state index < -0.39 is 12.8 Å². The second kappa shape index (κ2) is 3.21. The van der Waals surface area contributed by atoms with Gasteiger partial charge in [-0.1, -0.05) is 6.58 Å². The van der Waals surface area contributed by atoms with Crippen molar-refractivity contribution in [2.24, 2.45) is 0 Å². The fraction of sp³-hybridized carbons (Fsp3) is 0.400. The highest BCUT2D eigenvalue weighted by atomic mass is 16.6. The van der Waals surface area contributed by atoms with Gasteiger partial charge in [0, 0.05) is 5.57 Å². The van der Waals surface area contributed by atoms with Gasteiger partial charge in [-0.2, -0.15) is 0 Å². The fourth-order valence-corrected chi connectivity index (χ4v) is 0.182. The molecule has 46 valence electrons. The van der Waals surface area contributed by atoms with Crippen molar-refractivity contribution in [3.63, 3.8) is 0 Å². The number of hydrogen-bond acceptors (Lipinski definition) is 3. The Bertz CT molecular complexity index is 106. The van der Waals surface area contributed by atoms with Gasteiger partial charge in [-0.3, -0.25) is 0 Å². The maximum atomic E-state index is 10.3. The molecule has 0 aromatic heterocycles. The van der Waals surface area contributed by atoms with Crippen LogP contribution in [0.3, 0.4) is 0 Å². The maximum absolute atomic E-state index is 10.3. The molecule has 0 fully saturated rings. The summed E-state index contributed by atoms with van der Waals surface area (Å²) < 4.78 is 4.12. The third-order valence-electron chi connectivity index (χ3n) is 0.544. The van der Waals surface area contributed by atoms with Gasteiger partial charge < -0.3 is 9.84 Å². The molecule has 0 aliphatic carbocycles. The molecule has 3 nitrogen and oxygen atoms in total. The summed E-state index contributed by atoms with van der Waals surface area (Å²) in [4.78, 5) is 10.3. The molecular formula is C5H8O3. The normalized spacial score (nSPS) is 8.25. The highest BCUT2D eigenvalue weighted by Crippen LogP contribution is 1.88. The first kappa shape index (κ1) is 7.17. The van der Waals surface area contributed by atoms with Gasteiger partial charge in [0.1, 0.15) is 0 Å². The van der Waals surface area contributed by atoms with E-state index in [1.165, 1.54) is 6.92 Å². The molecule has 3 heteroatoms. The Labute approximate surface area is 47.6 Å². The molecule has 1 N–H and O–H groups in total. The molecule has 0 spiro atoms. The van der Waals surface area contributed by atoms with Crippen LogP contribution in [-0.2, 0) is 9.53 Å². The van der Waals surface area contributed by atoms with Crippen molar-refractivity contribution in [3.8, 4) is 0 Å². The Kier molecular flexibility index (Phi) is 2.88. The van der Waals surface area contributed by atoms with Gasteiger partial charge >= 0.3 is 5.97 Å². The minimum absolute atomic E-state index is 0.291. The van der Waals surface area contributed by atoms with E-state index in [4.69, 9.17) is 5.11 Å². The predicted octanol–water partition coefficient (Wildman–Crippen LogP) is 0.0555. The van der Waals surface area contributed by atoms with Crippen LogP contribution in [-0.4, -0.2) is 17.9 Å². The first-order valence-corrected chi connectivity index (χ1v) is 2.12. The van der Waals surface area contributed by atoms with Crippen molar-refractivity contribution < 1.29 is 14.6 Å². The Balaban J connectivity index is 3.49. The number of ether oxygens (including phenoxy) is 1. The van der Waals surface area contributed by atoms with Crippen molar-refractivity contribution in [1.82, 2.24) is 0 Å². The van der Waals surface area contributed by atoms with Gasteiger partial charge in [-0.05, 0) is 6.92 Å². The summed E-state index contributed by atoms with van der Waals surface area (Å²) in [6, 6.07) is 0. The maximum Gasteiger partial charge on any atom is 0.335 e. The minimum Gasteiger partial charge on any atom is -0.435 e. The third kappa shape index (κ3) is 2.36. The molecule has 0 radical (unpaired) electrons. The van der Waals surface area contributed by atoms with E-state index >= 15 is 0 Å². The Hall–Kier alpha value is -0.830. The SMILES string of the molecule is C=C(C)C(=O)OCO. The number of esters is 1. The number of carbonyl (C=O) groups excluding carboxylic acids is 1. The lowest BCUT2D eigenvalue weighted by Crippen LogP contribution is -2.04. The predicted molar refractivity (Wildman–Crippen MR) is 28.0 cm³/mol. The lowest BCUT2D eigenvalue weighted by molar-refractivity contribution is -0.146. The Morgan fingerprint density at radius 2 is 2.38 bits per heavy atom. The van der Waals surface area contributed by atoms with E-state index in [0.717, 1.165) is 0 Å². The molecule has 0 saturated heterocycles. The molecule has 0 aliphatic heterocycles. The molecule has 0 aromatic carbocycles. The van der Waals surface area contributed by atoms with Crippen LogP contribution < -0.4 is 0 Å². The Morgan fingerprint density at radius 3 is 2.50 bits per heavy atom. The number of hydrogen-bond donors (Lipinski definition) is 1. The molecule has 0 saturated carbocycles. The highest BCUT2D eigenvalue weighted by molar-refractivity contribution is 5.86. The van der Waals surface area contributed by atoms with Crippen LogP contribution in [0.25, 0.3) is 0 Å². The number of aliphatic hydroxyl groups excluding tert-OH is 1. The summed E-state index contributed by atoms with van der Waals surface area (Å²) in [5.74, 6) is -0.562. The molecule has 0 aromatic rings. The van der Waals surface area contributed by atoms with Gasteiger partial charge in [0.15, 0.2) is 6.79 Å². The van der Waals surface area contributed by atoms with Crippen LogP contribution in [0.5, 0.6) is 0 Å². The number of rotatable bonds is 2. The summed E-state index contributed by atoms with van der Waals surface area (Å²) in [5, 5.41) is 8.00. The molecule has 0 bridgehead atoms. The summed E-state index contributed by atoms with van der Waals surface area (Å²) in [6.07, 6.45) is 0. The average Bonchev–Trinajstić information content (AvgIpc) is 1.67. The van der Waals surface area contributed by atoms with Crippen LogP contribution in [0.2, 0.25) is 0 Å². The zero-order chi connectivity index (χ0) is 6.57. The van der Waals surface area contributed by atoms with Crippen molar-refractivity contribution in [2.45, 2.75) is 6.92 Å². The van der Waals surface area contributed by atoms with E-state index in [0.29, 0.717) is 5.57 Å². The van der Waals surface area contributed by atoms with Crippen LogP contribution in [0, 0.1) is 0 Å². The molecule has 8 heavy (non-hydrogen) atoms. The summed E-state index contributed by atoms with van der Waals surface area (Å²) in [5.41, 5.74) is 0.291. The van der Waals surface area contributed by atoms with Crippen LogP contribution >= 0.6 is 0 Å². The lowest BCUT2D eigenvalue weighted by Gasteiger charge is -1.95. The van der Waals surface area contributed by atoms with E-state index in [1.54, 1.807) is 0 Å². The zero-order valence-corrected chi connectivity index (χ0v) is 4.68. The zero-order valence-electron chi connectivity index (χ0n) is 4.68.